The van der Waals surface area contributed by atoms with Gasteiger partial charge >= 0.3 is 0 Å². The molecule has 0 saturated carbocycles. The lowest BCUT2D eigenvalue weighted by molar-refractivity contribution is -0.117. The number of nitrogens with one attached hydrogen (secondary N) is 3. The van der Waals surface area contributed by atoms with Crippen LogP contribution in [-0.2, 0) is 10.2 Å². The predicted octanol–water partition coefficient (Wildman–Crippen LogP) is 1.47. The Morgan fingerprint density at radius 1 is 1.56 bits per heavy atom. The number of hydrogen-bond donors (Lipinski definition) is 3. The summed E-state index contributed by atoms with van der Waals surface area (Å²) in [7, 11) is 0. The van der Waals surface area contributed by atoms with Crippen molar-refractivity contribution in [3.05, 3.63) is 11.8 Å². The van der Waals surface area contributed by atoms with Gasteiger partial charge in [-0.15, -0.1) is 0 Å². The number of rotatable bonds is 2. The zero-order chi connectivity index (χ0) is 13.3. The number of aromatic nitrogens is 2. The van der Waals surface area contributed by atoms with Crippen molar-refractivity contribution in [2.24, 2.45) is 0 Å². The molecule has 0 aromatic carbocycles. The average molecular weight is 268 g/mol. The predicted molar refractivity (Wildman–Crippen MR) is 70.7 cm³/mol. The van der Waals surface area contributed by atoms with Crippen molar-refractivity contribution >= 4 is 28.7 Å². The molecule has 0 spiro atoms. The molecular formula is C11H16N4O2S. The van der Waals surface area contributed by atoms with E-state index >= 15 is 0 Å². The molecule has 1 aromatic rings. The fraction of sp³-hybridized carbons (Fsp3) is 0.545. The lowest BCUT2D eigenvalue weighted by Crippen LogP contribution is -2.38. The van der Waals surface area contributed by atoms with Gasteiger partial charge < -0.3 is 10.6 Å². The first-order valence-electron chi connectivity index (χ1n) is 5.66. The first kappa shape index (κ1) is 12.9. The van der Waals surface area contributed by atoms with Crippen LogP contribution >= 0.6 is 11.8 Å². The van der Waals surface area contributed by atoms with Gasteiger partial charge in [0.05, 0.1) is 0 Å². The highest BCUT2D eigenvalue weighted by atomic mass is 32.2. The second kappa shape index (κ2) is 4.64. The van der Waals surface area contributed by atoms with Crippen LogP contribution in [0.1, 0.15) is 26.5 Å². The van der Waals surface area contributed by atoms with Gasteiger partial charge in [0, 0.05) is 22.9 Å². The molecule has 1 aliphatic heterocycles. The van der Waals surface area contributed by atoms with Gasteiger partial charge in [-0.3, -0.25) is 14.7 Å². The van der Waals surface area contributed by atoms with Crippen molar-refractivity contribution < 1.29 is 9.59 Å². The second-order valence-electron chi connectivity index (χ2n) is 5.20. The highest BCUT2D eigenvalue weighted by Crippen LogP contribution is 2.22. The Hall–Kier alpha value is -1.50. The minimum absolute atomic E-state index is 0.0482. The molecule has 1 atom stereocenters. The summed E-state index contributed by atoms with van der Waals surface area (Å²) in [5.74, 6) is 0.706. The minimum Gasteiger partial charge on any atom is -0.334 e. The third-order valence-corrected chi connectivity index (χ3v) is 3.51. The fourth-order valence-electron chi connectivity index (χ4n) is 1.51. The van der Waals surface area contributed by atoms with Gasteiger partial charge in [0.2, 0.25) is 5.91 Å². The summed E-state index contributed by atoms with van der Waals surface area (Å²) < 4.78 is 0. The fourth-order valence-corrected chi connectivity index (χ4v) is 2.29. The summed E-state index contributed by atoms with van der Waals surface area (Å²) in [6.45, 7) is 6.17. The normalized spacial score (nSPS) is 19.7. The molecule has 1 unspecified atom stereocenters. The van der Waals surface area contributed by atoms with Crippen LogP contribution < -0.4 is 10.6 Å². The molecule has 0 bridgehead atoms. The number of thioether (sulfide) groups is 1. The van der Waals surface area contributed by atoms with E-state index in [-0.39, 0.29) is 16.6 Å². The number of carbonyl (C=O) groups excluding carboxylic acids is 2. The topological polar surface area (TPSA) is 86.9 Å². The molecule has 1 saturated heterocycles. The molecule has 98 valence electrons. The number of nitrogens with zero attached hydrogens (tertiary/aromatic N) is 1. The van der Waals surface area contributed by atoms with Crippen LogP contribution in [-0.4, -0.2) is 33.1 Å². The monoisotopic (exact) mass is 268 g/mol. The van der Waals surface area contributed by atoms with Crippen molar-refractivity contribution in [3.63, 3.8) is 0 Å². The summed E-state index contributed by atoms with van der Waals surface area (Å²) in [4.78, 5) is 22.8. The van der Waals surface area contributed by atoms with E-state index < -0.39 is 6.04 Å². The lowest BCUT2D eigenvalue weighted by Gasteiger charge is -2.14. The quantitative estimate of drug-likeness (QED) is 0.758. The highest BCUT2D eigenvalue weighted by molar-refractivity contribution is 8.14. The summed E-state index contributed by atoms with van der Waals surface area (Å²) in [6.07, 6.45) is 0. The first-order chi connectivity index (χ1) is 8.36. The van der Waals surface area contributed by atoms with Crippen LogP contribution in [0.3, 0.4) is 0 Å². The van der Waals surface area contributed by atoms with Crippen LogP contribution in [0.4, 0.5) is 10.6 Å². The number of H-pyrrole nitrogens is 1. The zero-order valence-corrected chi connectivity index (χ0v) is 11.4. The van der Waals surface area contributed by atoms with Gasteiger partial charge in [0.15, 0.2) is 5.82 Å². The average Bonchev–Trinajstić information content (AvgIpc) is 2.85. The Kier molecular flexibility index (Phi) is 3.34. The molecular weight excluding hydrogens is 252 g/mol. The van der Waals surface area contributed by atoms with Gasteiger partial charge in [-0.25, -0.2) is 0 Å². The van der Waals surface area contributed by atoms with Crippen LogP contribution in [0, 0.1) is 0 Å². The Morgan fingerprint density at radius 3 is 2.78 bits per heavy atom. The summed E-state index contributed by atoms with van der Waals surface area (Å²) in [5, 5.41) is 12.0. The Morgan fingerprint density at radius 2 is 2.28 bits per heavy atom. The smallest absolute Gasteiger partial charge is 0.279 e. The largest absolute Gasteiger partial charge is 0.334 e. The highest BCUT2D eigenvalue weighted by Gasteiger charge is 2.28. The third kappa shape index (κ3) is 2.84. The van der Waals surface area contributed by atoms with Crippen LogP contribution in [0.25, 0.3) is 0 Å². The Bertz CT molecular complexity index is 478. The van der Waals surface area contributed by atoms with E-state index in [2.05, 4.69) is 41.6 Å². The van der Waals surface area contributed by atoms with Crippen LogP contribution in [0.15, 0.2) is 6.07 Å². The van der Waals surface area contributed by atoms with E-state index in [0.29, 0.717) is 11.6 Å². The maximum atomic E-state index is 11.8. The van der Waals surface area contributed by atoms with Crippen molar-refractivity contribution in [1.29, 1.82) is 0 Å². The summed E-state index contributed by atoms with van der Waals surface area (Å²) >= 11 is 1.11. The zero-order valence-electron chi connectivity index (χ0n) is 10.5. The molecule has 3 N–H and O–H groups in total. The maximum Gasteiger partial charge on any atom is 0.279 e. The molecule has 6 nitrogen and oxygen atoms in total. The van der Waals surface area contributed by atoms with Gasteiger partial charge in [0.1, 0.15) is 6.04 Å². The first-order valence-corrected chi connectivity index (χ1v) is 6.65. The van der Waals surface area contributed by atoms with E-state index in [4.69, 9.17) is 0 Å². The molecule has 7 heteroatoms. The molecule has 2 rings (SSSR count). The van der Waals surface area contributed by atoms with Gasteiger partial charge in [-0.1, -0.05) is 32.5 Å². The molecule has 1 aliphatic rings. The summed E-state index contributed by atoms with van der Waals surface area (Å²) in [5.41, 5.74) is 0.899. The maximum absolute atomic E-state index is 11.8. The Labute approximate surface area is 109 Å². The van der Waals surface area contributed by atoms with E-state index in [9.17, 15) is 9.59 Å². The van der Waals surface area contributed by atoms with Crippen molar-refractivity contribution in [1.82, 2.24) is 15.5 Å². The number of amides is 2. The lowest BCUT2D eigenvalue weighted by atomic mass is 9.92. The SMILES string of the molecule is CC(C)(C)c1cc(NC(=O)C2CSC(=O)N2)n[nH]1. The van der Waals surface area contributed by atoms with E-state index in [1.165, 1.54) is 0 Å². The molecule has 18 heavy (non-hydrogen) atoms. The molecule has 0 radical (unpaired) electrons. The second-order valence-corrected chi connectivity index (χ2v) is 6.19. The third-order valence-electron chi connectivity index (χ3n) is 2.63. The number of carbonyl (C=O) groups is 2. The van der Waals surface area contributed by atoms with Gasteiger partial charge in [-0.05, 0) is 0 Å². The number of hydrogen-bond acceptors (Lipinski definition) is 4. The van der Waals surface area contributed by atoms with Crippen molar-refractivity contribution in [3.8, 4) is 0 Å². The van der Waals surface area contributed by atoms with Crippen LogP contribution in [0.5, 0.6) is 0 Å². The summed E-state index contributed by atoms with van der Waals surface area (Å²) in [6, 6.07) is 1.33. The van der Waals surface area contributed by atoms with E-state index in [1.54, 1.807) is 0 Å². The van der Waals surface area contributed by atoms with Gasteiger partial charge in [-0.2, -0.15) is 5.10 Å². The number of anilines is 1. The number of aromatic amines is 1. The van der Waals surface area contributed by atoms with Gasteiger partial charge in [0.25, 0.3) is 5.24 Å². The van der Waals surface area contributed by atoms with E-state index in [1.807, 2.05) is 6.07 Å². The molecule has 2 heterocycles. The standard InChI is InChI=1S/C11H16N4O2S/c1-11(2,3)7-4-8(15-14-7)13-9(16)6-5-18-10(17)12-6/h4,6H,5H2,1-3H3,(H,12,17)(H2,13,14,15,16). The Balaban J connectivity index is 1.99. The van der Waals surface area contributed by atoms with E-state index in [0.717, 1.165) is 17.5 Å². The van der Waals surface area contributed by atoms with Crippen molar-refractivity contribution in [2.75, 3.05) is 11.1 Å². The molecule has 2 amide bonds. The van der Waals surface area contributed by atoms with Crippen LogP contribution in [0.2, 0.25) is 0 Å². The molecule has 1 fully saturated rings. The minimum atomic E-state index is -0.475. The van der Waals surface area contributed by atoms with Crippen molar-refractivity contribution in [2.45, 2.75) is 32.2 Å². The molecule has 0 aliphatic carbocycles. The molecule has 1 aromatic heterocycles.